The van der Waals surface area contributed by atoms with Gasteiger partial charge >= 0.3 is 0 Å². The molecule has 0 fully saturated rings. The lowest BCUT2D eigenvalue weighted by atomic mass is 10.1. The fraction of sp³-hybridized carbons (Fsp3) is 0.375. The number of aryl methyl sites for hydroxylation is 2. The van der Waals surface area contributed by atoms with Crippen molar-refractivity contribution in [1.29, 1.82) is 0 Å². The Hall–Kier alpha value is -3.56. The van der Waals surface area contributed by atoms with E-state index in [0.29, 0.717) is 29.3 Å². The molecule has 0 aliphatic heterocycles. The third-order valence-electron chi connectivity index (χ3n) is 6.89. The van der Waals surface area contributed by atoms with Crippen LogP contribution in [0.1, 0.15) is 43.9 Å². The van der Waals surface area contributed by atoms with E-state index in [-0.39, 0.29) is 29.0 Å². The van der Waals surface area contributed by atoms with E-state index in [9.17, 15) is 18.0 Å². The SMILES string of the molecule is CC[C@@H](C(=O)NCC(C)C)N(Cc1cccc(OC)c1)C(=O)CN(c1cc(Cl)ccc1C)S(=O)(=O)c1ccc(C)cc1. The highest BCUT2D eigenvalue weighted by Gasteiger charge is 2.34. The highest BCUT2D eigenvalue weighted by Crippen LogP contribution is 2.30. The van der Waals surface area contributed by atoms with Gasteiger partial charge in [0.2, 0.25) is 11.8 Å². The molecule has 0 spiro atoms. The van der Waals surface area contributed by atoms with Gasteiger partial charge in [0.25, 0.3) is 10.0 Å². The molecule has 226 valence electrons. The largest absolute Gasteiger partial charge is 0.497 e. The van der Waals surface area contributed by atoms with Crippen LogP contribution in [0.5, 0.6) is 5.75 Å². The van der Waals surface area contributed by atoms with Crippen molar-refractivity contribution in [3.05, 3.63) is 88.4 Å². The van der Waals surface area contributed by atoms with Crippen LogP contribution in [-0.2, 0) is 26.2 Å². The molecule has 2 amide bonds. The molecule has 3 rings (SSSR count). The first-order chi connectivity index (χ1) is 19.9. The fourth-order valence-corrected chi connectivity index (χ4v) is 6.15. The van der Waals surface area contributed by atoms with Crippen molar-refractivity contribution in [2.45, 2.75) is 58.5 Å². The molecular weight excluding hydrogens is 574 g/mol. The highest BCUT2D eigenvalue weighted by atomic mass is 35.5. The number of rotatable bonds is 13. The molecule has 0 aromatic heterocycles. The molecule has 3 aromatic rings. The van der Waals surface area contributed by atoms with Crippen LogP contribution in [0.4, 0.5) is 5.69 Å². The summed E-state index contributed by atoms with van der Waals surface area (Å²) in [5, 5.41) is 3.27. The van der Waals surface area contributed by atoms with Crippen LogP contribution < -0.4 is 14.4 Å². The third kappa shape index (κ3) is 8.26. The molecule has 1 atom stereocenters. The van der Waals surface area contributed by atoms with Crippen molar-refractivity contribution in [3.63, 3.8) is 0 Å². The van der Waals surface area contributed by atoms with E-state index < -0.39 is 28.5 Å². The first kappa shape index (κ1) is 32.9. The zero-order chi connectivity index (χ0) is 31.0. The summed E-state index contributed by atoms with van der Waals surface area (Å²) in [7, 11) is -2.64. The Bertz CT molecular complexity index is 1490. The number of nitrogens with one attached hydrogen (secondary N) is 1. The van der Waals surface area contributed by atoms with Gasteiger partial charge in [-0.3, -0.25) is 13.9 Å². The molecule has 0 saturated heterocycles. The molecule has 0 radical (unpaired) electrons. The van der Waals surface area contributed by atoms with Crippen LogP contribution >= 0.6 is 11.6 Å². The number of benzene rings is 3. The van der Waals surface area contributed by atoms with Gasteiger partial charge in [-0.2, -0.15) is 0 Å². The third-order valence-corrected chi connectivity index (χ3v) is 8.89. The highest BCUT2D eigenvalue weighted by molar-refractivity contribution is 7.92. The van der Waals surface area contributed by atoms with Gasteiger partial charge in [0.05, 0.1) is 17.7 Å². The molecule has 1 N–H and O–H groups in total. The number of amides is 2. The molecule has 8 nitrogen and oxygen atoms in total. The van der Waals surface area contributed by atoms with Gasteiger partial charge in [-0.05, 0) is 73.7 Å². The van der Waals surface area contributed by atoms with Crippen molar-refractivity contribution in [2.75, 3.05) is 24.5 Å². The first-order valence-electron chi connectivity index (χ1n) is 13.9. The summed E-state index contributed by atoms with van der Waals surface area (Å²) in [6, 6.07) is 17.8. The molecule has 0 aliphatic carbocycles. The van der Waals surface area contributed by atoms with E-state index in [0.717, 1.165) is 15.4 Å². The molecular formula is C32H40ClN3O5S. The van der Waals surface area contributed by atoms with Gasteiger partial charge in [-0.15, -0.1) is 0 Å². The number of sulfonamides is 1. The topological polar surface area (TPSA) is 96.0 Å². The minimum atomic E-state index is -4.19. The van der Waals surface area contributed by atoms with Crippen molar-refractivity contribution in [1.82, 2.24) is 10.2 Å². The van der Waals surface area contributed by atoms with Crippen LogP contribution in [0.15, 0.2) is 71.6 Å². The molecule has 3 aromatic carbocycles. The monoisotopic (exact) mass is 613 g/mol. The lowest BCUT2D eigenvalue weighted by Gasteiger charge is -2.33. The second kappa shape index (κ2) is 14.6. The maximum atomic E-state index is 14.2. The van der Waals surface area contributed by atoms with E-state index >= 15 is 0 Å². The first-order valence-corrected chi connectivity index (χ1v) is 15.7. The second-order valence-electron chi connectivity index (χ2n) is 10.7. The van der Waals surface area contributed by atoms with Crippen LogP contribution in [0.25, 0.3) is 0 Å². The number of ether oxygens (including phenoxy) is 1. The van der Waals surface area contributed by atoms with Crippen molar-refractivity contribution in [3.8, 4) is 5.75 Å². The lowest BCUT2D eigenvalue weighted by molar-refractivity contribution is -0.140. The zero-order valence-corrected chi connectivity index (χ0v) is 26.6. The molecule has 0 heterocycles. The predicted octanol–water partition coefficient (Wildman–Crippen LogP) is 5.74. The van der Waals surface area contributed by atoms with Gasteiger partial charge in [-0.25, -0.2) is 8.42 Å². The van der Waals surface area contributed by atoms with E-state index in [1.54, 1.807) is 56.5 Å². The van der Waals surface area contributed by atoms with E-state index in [1.165, 1.54) is 23.1 Å². The van der Waals surface area contributed by atoms with Crippen LogP contribution in [0, 0.1) is 19.8 Å². The number of hydrogen-bond donors (Lipinski definition) is 1. The summed E-state index contributed by atoms with van der Waals surface area (Å²) in [6.07, 6.45) is 0.334. The van der Waals surface area contributed by atoms with Gasteiger partial charge in [0.1, 0.15) is 18.3 Å². The minimum absolute atomic E-state index is 0.0429. The Morgan fingerprint density at radius 3 is 2.31 bits per heavy atom. The summed E-state index contributed by atoms with van der Waals surface area (Å²) < 4.78 is 34.6. The average molecular weight is 614 g/mol. The number of methoxy groups -OCH3 is 1. The molecule has 0 saturated carbocycles. The Balaban J connectivity index is 2.10. The molecule has 0 aliphatic rings. The Labute approximate surface area is 254 Å². The Kier molecular flexibility index (Phi) is 11.4. The van der Waals surface area contributed by atoms with Gasteiger partial charge in [0.15, 0.2) is 0 Å². The summed E-state index contributed by atoms with van der Waals surface area (Å²) in [4.78, 5) is 29.1. The lowest BCUT2D eigenvalue weighted by Crippen LogP contribution is -2.52. The summed E-state index contributed by atoms with van der Waals surface area (Å²) in [5.41, 5.74) is 2.56. The zero-order valence-electron chi connectivity index (χ0n) is 25.1. The standard InChI is InChI=1S/C32H40ClN3O5S/c1-7-29(32(38)34-19-22(2)3)35(20-25-9-8-10-27(17-25)41-6)31(37)21-36(30-18-26(33)14-13-24(30)5)42(39,40)28-15-11-23(4)12-16-28/h8-18,22,29H,7,19-21H2,1-6H3,(H,34,38)/t29-/m0/s1. The normalized spacial score (nSPS) is 12.1. The number of halogens is 1. The van der Waals surface area contributed by atoms with Crippen molar-refractivity contribution < 1.29 is 22.7 Å². The number of nitrogens with zero attached hydrogens (tertiary/aromatic N) is 2. The van der Waals surface area contributed by atoms with E-state index in [2.05, 4.69) is 5.32 Å². The van der Waals surface area contributed by atoms with Gasteiger partial charge in [0, 0.05) is 18.1 Å². The predicted molar refractivity (Wildman–Crippen MR) is 167 cm³/mol. The van der Waals surface area contributed by atoms with Crippen LogP contribution in [-0.4, -0.2) is 51.4 Å². The van der Waals surface area contributed by atoms with Crippen molar-refractivity contribution >= 4 is 39.1 Å². The van der Waals surface area contributed by atoms with Crippen molar-refractivity contribution in [2.24, 2.45) is 5.92 Å². The average Bonchev–Trinajstić information content (AvgIpc) is 2.96. The smallest absolute Gasteiger partial charge is 0.264 e. The maximum absolute atomic E-state index is 14.2. The van der Waals surface area contributed by atoms with Gasteiger partial charge < -0.3 is 15.0 Å². The summed E-state index contributed by atoms with van der Waals surface area (Å²) in [6.45, 7) is 9.43. The van der Waals surface area contributed by atoms with E-state index in [4.69, 9.17) is 16.3 Å². The van der Waals surface area contributed by atoms with Gasteiger partial charge in [-0.1, -0.05) is 68.3 Å². The molecule has 42 heavy (non-hydrogen) atoms. The number of carbonyl (C=O) groups is 2. The summed E-state index contributed by atoms with van der Waals surface area (Å²) >= 11 is 6.31. The number of anilines is 1. The Morgan fingerprint density at radius 1 is 1.00 bits per heavy atom. The number of carbonyl (C=O) groups excluding carboxylic acids is 2. The molecule has 0 unspecified atom stereocenters. The quantitative estimate of drug-likeness (QED) is 0.265. The minimum Gasteiger partial charge on any atom is -0.497 e. The molecule has 10 heteroatoms. The van der Waals surface area contributed by atoms with E-state index in [1.807, 2.05) is 33.8 Å². The number of hydrogen-bond acceptors (Lipinski definition) is 5. The summed E-state index contributed by atoms with van der Waals surface area (Å²) in [5.74, 6) is -0.000900. The van der Waals surface area contributed by atoms with Crippen LogP contribution in [0.2, 0.25) is 5.02 Å². The second-order valence-corrected chi connectivity index (χ2v) is 13.0. The molecule has 0 bridgehead atoms. The van der Waals surface area contributed by atoms with Crippen LogP contribution in [0.3, 0.4) is 0 Å². The fourth-order valence-electron chi connectivity index (χ4n) is 4.51. The maximum Gasteiger partial charge on any atom is 0.264 e. The Morgan fingerprint density at radius 2 is 1.69 bits per heavy atom.